The molecule has 0 aliphatic heterocycles. The number of aromatic nitrogens is 1. The maximum atomic E-state index is 5.70. The molecule has 3 nitrogen and oxygen atoms in total. The van der Waals surface area contributed by atoms with E-state index in [0.717, 1.165) is 11.4 Å². The molecule has 1 heterocycles. The summed E-state index contributed by atoms with van der Waals surface area (Å²) in [5, 5.41) is 5.46. The van der Waals surface area contributed by atoms with E-state index in [9.17, 15) is 0 Å². The molecule has 0 spiro atoms. The molecule has 0 bridgehead atoms. The molecule has 0 fully saturated rings. The lowest BCUT2D eigenvalue weighted by molar-refractivity contribution is -0.758. The molecule has 0 unspecified atom stereocenters. The van der Waals surface area contributed by atoms with E-state index in [1.165, 1.54) is 21.9 Å². The van der Waals surface area contributed by atoms with Crippen LogP contribution in [0.15, 0.2) is 60.8 Å². The van der Waals surface area contributed by atoms with Crippen molar-refractivity contribution in [1.29, 1.82) is 0 Å². The number of fused-ring (bicyclic) bond motifs is 1. The molecule has 0 aliphatic carbocycles. The van der Waals surface area contributed by atoms with Crippen molar-refractivity contribution in [2.45, 2.75) is 20.5 Å². The summed E-state index contributed by atoms with van der Waals surface area (Å²) in [4.78, 5) is 9.99. The van der Waals surface area contributed by atoms with Gasteiger partial charge in [0.25, 0.3) is 0 Å². The Bertz CT molecular complexity index is 816. The Kier molecular flexibility index (Phi) is 5.72. The summed E-state index contributed by atoms with van der Waals surface area (Å²) >= 11 is 0. The molecule has 118 valence electrons. The second-order valence-corrected chi connectivity index (χ2v) is 5.31. The summed E-state index contributed by atoms with van der Waals surface area (Å²) in [5.41, 5.74) is 4.23. The summed E-state index contributed by atoms with van der Waals surface area (Å²) in [5.74, 6) is 0. The first-order valence-corrected chi connectivity index (χ1v) is 7.35. The fourth-order valence-corrected chi connectivity index (χ4v) is 2.49. The molecule has 0 radical (unpaired) electrons. The van der Waals surface area contributed by atoms with Crippen molar-refractivity contribution in [3.05, 3.63) is 77.6 Å². The van der Waals surface area contributed by atoms with Gasteiger partial charge in [0, 0.05) is 18.7 Å². The molecular weight excluding hydrogens is 308 g/mol. The number of halogens is 1. The first kappa shape index (κ1) is 17.0. The molecule has 0 saturated carbocycles. The van der Waals surface area contributed by atoms with E-state index >= 15 is 0 Å². The molecular formula is C19H19ClN2O. The Labute approximate surface area is 142 Å². The summed E-state index contributed by atoms with van der Waals surface area (Å²) < 4.78 is 0. The van der Waals surface area contributed by atoms with E-state index in [2.05, 4.69) is 53.5 Å². The molecule has 23 heavy (non-hydrogen) atoms. The van der Waals surface area contributed by atoms with Gasteiger partial charge in [-0.05, 0) is 40.5 Å². The predicted octanol–water partition coefficient (Wildman–Crippen LogP) is -0.431. The predicted molar refractivity (Wildman–Crippen MR) is 88.5 cm³/mol. The van der Waals surface area contributed by atoms with Crippen LogP contribution in [-0.4, -0.2) is 10.7 Å². The minimum atomic E-state index is 0. The Hall–Kier alpha value is -2.39. The highest BCUT2D eigenvalue weighted by atomic mass is 35.5. The van der Waals surface area contributed by atoms with Crippen LogP contribution < -0.4 is 17.6 Å². The molecule has 3 rings (SSSR count). The van der Waals surface area contributed by atoms with Gasteiger partial charge in [-0.15, -0.1) is 0 Å². The Morgan fingerprint density at radius 1 is 1.04 bits per heavy atom. The molecule has 3 aromatic rings. The number of pyridine rings is 1. The third-order valence-electron chi connectivity index (χ3n) is 3.77. The maximum absolute atomic E-state index is 5.70. The molecule has 2 aromatic carbocycles. The zero-order valence-electron chi connectivity index (χ0n) is 13.2. The lowest BCUT2D eigenvalue weighted by Crippen LogP contribution is -3.00. The van der Waals surface area contributed by atoms with E-state index in [1.54, 1.807) is 6.20 Å². The third-order valence-corrected chi connectivity index (χ3v) is 3.77. The molecule has 0 amide bonds. The third kappa shape index (κ3) is 3.88. The van der Waals surface area contributed by atoms with E-state index in [0.29, 0.717) is 6.61 Å². The van der Waals surface area contributed by atoms with Crippen LogP contribution in [0.4, 0.5) is 0 Å². The normalized spacial score (nSPS) is 11.1. The highest BCUT2D eigenvalue weighted by molar-refractivity contribution is 5.92. The van der Waals surface area contributed by atoms with Crippen molar-refractivity contribution in [2.75, 3.05) is 0 Å². The second kappa shape index (κ2) is 7.75. The van der Waals surface area contributed by atoms with Gasteiger partial charge in [0.05, 0.1) is 0 Å². The van der Waals surface area contributed by atoms with Gasteiger partial charge in [-0.3, -0.25) is 9.82 Å². The summed E-state index contributed by atoms with van der Waals surface area (Å²) in [7, 11) is 0. The van der Waals surface area contributed by atoms with Gasteiger partial charge in [0.15, 0.2) is 6.61 Å². The van der Waals surface area contributed by atoms with Gasteiger partial charge in [-0.1, -0.05) is 42.5 Å². The van der Waals surface area contributed by atoms with Crippen molar-refractivity contribution in [2.24, 2.45) is 0 Å². The number of rotatable bonds is 4. The molecule has 0 aliphatic rings. The summed E-state index contributed by atoms with van der Waals surface area (Å²) in [6.45, 7) is 4.58. The quantitative estimate of drug-likeness (QED) is 0.522. The van der Waals surface area contributed by atoms with E-state index < -0.39 is 0 Å². The topological polar surface area (TPSA) is 36.1 Å². The fourth-order valence-electron chi connectivity index (χ4n) is 2.49. The smallest absolute Gasteiger partial charge is 0.247 e. The van der Waals surface area contributed by atoms with Gasteiger partial charge in [-0.2, -0.15) is 0 Å². The molecule has 1 N–H and O–H groups in total. The second-order valence-electron chi connectivity index (χ2n) is 5.31. The van der Waals surface area contributed by atoms with Crippen molar-refractivity contribution in [1.82, 2.24) is 4.98 Å². The average Bonchev–Trinajstić information content (AvgIpc) is 2.57. The van der Waals surface area contributed by atoms with Crippen LogP contribution in [0, 0.1) is 6.92 Å². The SMILES string of the molecule is CC(=[NH+]OCc1c(C)ccc2ccccc12)c1ccccn1.[Cl-]. The van der Waals surface area contributed by atoms with Crippen molar-refractivity contribution < 1.29 is 22.4 Å². The lowest BCUT2D eigenvalue weighted by Gasteiger charge is -2.07. The minimum Gasteiger partial charge on any atom is -1.00 e. The molecule has 0 atom stereocenters. The fraction of sp³-hybridized carbons (Fsp3) is 0.158. The van der Waals surface area contributed by atoms with Gasteiger partial charge in [-0.25, -0.2) is 0 Å². The van der Waals surface area contributed by atoms with Crippen molar-refractivity contribution in [3.8, 4) is 0 Å². The van der Waals surface area contributed by atoms with Gasteiger partial charge >= 0.3 is 0 Å². The Balaban J connectivity index is 0.00000192. The number of hydrogen-bond acceptors (Lipinski definition) is 2. The monoisotopic (exact) mass is 326 g/mol. The standard InChI is InChI=1S/C19H18N2O.ClH/c1-14-10-11-16-7-3-4-8-17(16)18(14)13-22-21-15(2)19-9-5-6-12-20-19;/h3-12H,13H2,1-2H3;1H. The highest BCUT2D eigenvalue weighted by Gasteiger charge is 2.08. The zero-order chi connectivity index (χ0) is 15.4. The number of nitrogens with zero attached hydrogens (tertiary/aromatic N) is 1. The summed E-state index contributed by atoms with van der Waals surface area (Å²) in [6, 6.07) is 18.5. The number of benzene rings is 2. The maximum Gasteiger partial charge on any atom is 0.247 e. The van der Waals surface area contributed by atoms with E-state index in [1.807, 2.05) is 25.1 Å². The van der Waals surface area contributed by atoms with E-state index in [4.69, 9.17) is 4.84 Å². The number of aryl methyl sites for hydroxylation is 1. The van der Waals surface area contributed by atoms with Crippen LogP contribution in [0.3, 0.4) is 0 Å². The largest absolute Gasteiger partial charge is 1.00 e. The average molecular weight is 327 g/mol. The van der Waals surface area contributed by atoms with Gasteiger partial charge in [0.2, 0.25) is 5.71 Å². The molecule has 4 heteroatoms. The lowest BCUT2D eigenvalue weighted by atomic mass is 10.0. The molecule has 1 aromatic heterocycles. The van der Waals surface area contributed by atoms with Crippen LogP contribution in [0.2, 0.25) is 0 Å². The Morgan fingerprint density at radius 3 is 2.61 bits per heavy atom. The van der Waals surface area contributed by atoms with Crippen molar-refractivity contribution >= 4 is 16.5 Å². The Morgan fingerprint density at radius 2 is 1.83 bits per heavy atom. The highest BCUT2D eigenvalue weighted by Crippen LogP contribution is 2.22. The van der Waals surface area contributed by atoms with Crippen molar-refractivity contribution in [3.63, 3.8) is 0 Å². The molecule has 0 saturated heterocycles. The van der Waals surface area contributed by atoms with Gasteiger partial charge < -0.3 is 12.4 Å². The van der Waals surface area contributed by atoms with Crippen LogP contribution in [-0.2, 0) is 11.4 Å². The van der Waals surface area contributed by atoms with Crippen LogP contribution >= 0.6 is 0 Å². The summed E-state index contributed by atoms with van der Waals surface area (Å²) in [6.07, 6.45) is 1.77. The van der Waals surface area contributed by atoms with Crippen LogP contribution in [0.5, 0.6) is 0 Å². The first-order chi connectivity index (χ1) is 10.8. The number of hydrogen-bond donors (Lipinski definition) is 1. The van der Waals surface area contributed by atoms with Gasteiger partial charge in [0.1, 0.15) is 5.69 Å². The number of nitrogens with one attached hydrogen (secondary N) is 1. The first-order valence-electron chi connectivity index (χ1n) is 7.35. The van der Waals surface area contributed by atoms with Crippen LogP contribution in [0.1, 0.15) is 23.7 Å². The van der Waals surface area contributed by atoms with Crippen LogP contribution in [0.25, 0.3) is 10.8 Å². The zero-order valence-corrected chi connectivity index (χ0v) is 14.0. The minimum absolute atomic E-state index is 0. The van der Waals surface area contributed by atoms with E-state index in [-0.39, 0.29) is 12.4 Å².